The number of aromatic nitrogens is 3. The van der Waals surface area contributed by atoms with Crippen LogP contribution in [0.25, 0.3) is 5.65 Å². The van der Waals surface area contributed by atoms with E-state index in [-0.39, 0.29) is 13.3 Å². The van der Waals surface area contributed by atoms with E-state index < -0.39 is 31.5 Å². The summed E-state index contributed by atoms with van der Waals surface area (Å²) in [7, 11) is 0. The van der Waals surface area contributed by atoms with E-state index in [1.807, 2.05) is 12.3 Å². The van der Waals surface area contributed by atoms with Gasteiger partial charge in [0, 0.05) is 0 Å². The summed E-state index contributed by atoms with van der Waals surface area (Å²) in [6.07, 6.45) is 5.95. The van der Waals surface area contributed by atoms with Gasteiger partial charge in [-0.3, -0.25) is 0 Å². The molecule has 2 atom stereocenters. The second-order valence-corrected chi connectivity index (χ2v) is 15.2. The Morgan fingerprint density at radius 2 is 1.97 bits per heavy atom. The van der Waals surface area contributed by atoms with Gasteiger partial charge in [0.15, 0.2) is 0 Å². The molecule has 8 heteroatoms. The number of benzene rings is 1. The third-order valence-corrected chi connectivity index (χ3v) is 13.5. The van der Waals surface area contributed by atoms with Crippen LogP contribution in [0, 0.1) is 31.4 Å². The Hall–Kier alpha value is -2.10. The molecule has 2 saturated heterocycles. The van der Waals surface area contributed by atoms with Crippen LogP contribution in [0.2, 0.25) is 0 Å². The van der Waals surface area contributed by atoms with E-state index >= 15 is 0 Å². The van der Waals surface area contributed by atoms with Gasteiger partial charge in [0.2, 0.25) is 0 Å². The third kappa shape index (κ3) is 4.15. The van der Waals surface area contributed by atoms with Gasteiger partial charge in [0.1, 0.15) is 0 Å². The summed E-state index contributed by atoms with van der Waals surface area (Å²) in [4.78, 5) is 20.7. The molecule has 0 spiro atoms. The van der Waals surface area contributed by atoms with Crippen molar-refractivity contribution in [2.24, 2.45) is 5.92 Å². The molecule has 5 nitrogen and oxygen atoms in total. The first-order valence-electron chi connectivity index (χ1n) is 11.6. The number of fused-ring (bicyclic) bond motifs is 1. The molecule has 2 aliphatic rings. The normalized spacial score (nSPS) is 22.3. The van der Waals surface area contributed by atoms with Crippen molar-refractivity contribution in [1.82, 2.24) is 14.6 Å². The fourth-order valence-electron chi connectivity index (χ4n) is 4.89. The third-order valence-electron chi connectivity index (χ3n) is 6.73. The van der Waals surface area contributed by atoms with Crippen molar-refractivity contribution in [3.8, 4) is 0 Å². The van der Waals surface area contributed by atoms with E-state index in [1.165, 1.54) is 18.6 Å². The Balaban J connectivity index is 1.50. The molecule has 33 heavy (non-hydrogen) atoms. The number of rotatable bonds is 4. The molecule has 0 saturated carbocycles. The van der Waals surface area contributed by atoms with Crippen molar-refractivity contribution >= 4 is 35.1 Å². The first-order chi connectivity index (χ1) is 15.8. The predicted octanol–water partition coefficient (Wildman–Crippen LogP) is 6.04. The van der Waals surface area contributed by atoms with Gasteiger partial charge in [0.05, 0.1) is 0 Å². The molecular formula is C25H29F2IN4O. The molecule has 2 fully saturated rings. The number of carbonyl (C=O) groups excluding carboxylic acids is 1. The van der Waals surface area contributed by atoms with Crippen LogP contribution in [0.15, 0.2) is 24.4 Å². The molecule has 3 aromatic rings. The molecule has 0 bridgehead atoms. The number of nitrogens with zero attached hydrogens (tertiary/aromatic N) is 4. The summed E-state index contributed by atoms with van der Waals surface area (Å²) in [5, 5.41) is 4.80. The second kappa shape index (κ2) is 8.92. The number of carbonyl (C=O) groups is 1. The van der Waals surface area contributed by atoms with Crippen LogP contribution in [-0.2, 0) is 0 Å². The number of hydrogen-bond donors (Lipinski definition) is 0. The molecule has 2 aromatic heterocycles. The summed E-state index contributed by atoms with van der Waals surface area (Å²) >= 11 is -2.43. The molecule has 0 N–H and O–H groups in total. The molecule has 1 aromatic carbocycles. The molecule has 4 heterocycles. The predicted molar refractivity (Wildman–Crippen MR) is 135 cm³/mol. The molecule has 2 aliphatic heterocycles. The maximum absolute atomic E-state index is 14.8. The molecule has 176 valence electrons. The quantitative estimate of drug-likeness (QED) is 0.220. The van der Waals surface area contributed by atoms with E-state index in [2.05, 4.69) is 18.7 Å². The second-order valence-electron chi connectivity index (χ2n) is 9.34. The van der Waals surface area contributed by atoms with E-state index in [4.69, 9.17) is 10.1 Å². The van der Waals surface area contributed by atoms with Gasteiger partial charge < -0.3 is 0 Å². The van der Waals surface area contributed by atoms with Crippen molar-refractivity contribution in [3.05, 3.63) is 58.4 Å². The summed E-state index contributed by atoms with van der Waals surface area (Å²) in [6.45, 7) is 7.90. The molecule has 0 unspecified atom stereocenters. The zero-order chi connectivity index (χ0) is 23.3. The van der Waals surface area contributed by atoms with Crippen LogP contribution in [0.1, 0.15) is 63.7 Å². The average Bonchev–Trinajstić information content (AvgIpc) is 3.41. The van der Waals surface area contributed by atoms with Crippen molar-refractivity contribution in [1.29, 1.82) is 0 Å². The van der Waals surface area contributed by atoms with Gasteiger partial charge in [-0.25, -0.2) is 0 Å². The van der Waals surface area contributed by atoms with Gasteiger partial charge in [0.25, 0.3) is 0 Å². The number of halogens is 3. The average molecular weight is 566 g/mol. The van der Waals surface area contributed by atoms with Crippen molar-refractivity contribution in [3.63, 3.8) is 0 Å². The Kier molecular flexibility index (Phi) is 6.13. The van der Waals surface area contributed by atoms with Crippen LogP contribution in [0.5, 0.6) is 0 Å². The van der Waals surface area contributed by atoms with Crippen molar-refractivity contribution < 1.29 is 13.6 Å². The number of hydrogen-bond acceptors (Lipinski definition) is 4. The van der Waals surface area contributed by atoms with Crippen LogP contribution in [0.3, 0.4) is 0 Å². The minimum atomic E-state index is -2.43. The van der Waals surface area contributed by atoms with Crippen molar-refractivity contribution in [2.45, 2.75) is 50.4 Å². The SMILES string of the molecule is Cc1cn2nc([C@@H]3CCCCI3C(=O)c3c(F)ccc(C)c3F)cc2nc1N1CC[C@H](C)C1. The first kappa shape index (κ1) is 22.7. The van der Waals surface area contributed by atoms with Crippen LogP contribution in [-0.4, -0.2) is 35.9 Å². The van der Waals surface area contributed by atoms with Gasteiger partial charge in [-0.2, -0.15) is 0 Å². The Bertz CT molecular complexity index is 1230. The summed E-state index contributed by atoms with van der Waals surface area (Å²) in [5.74, 6) is 0.197. The van der Waals surface area contributed by atoms with Gasteiger partial charge >= 0.3 is 200 Å². The number of alkyl halides is 2. The van der Waals surface area contributed by atoms with E-state index in [9.17, 15) is 13.6 Å². The monoisotopic (exact) mass is 566 g/mol. The number of anilines is 1. The summed E-state index contributed by atoms with van der Waals surface area (Å²) in [5.41, 5.74) is 2.66. The van der Waals surface area contributed by atoms with E-state index in [1.54, 1.807) is 11.4 Å². The Morgan fingerprint density at radius 1 is 1.15 bits per heavy atom. The summed E-state index contributed by atoms with van der Waals surface area (Å²) < 4.78 is 31.5. The van der Waals surface area contributed by atoms with Crippen LogP contribution in [0.4, 0.5) is 14.6 Å². The first-order valence-corrected chi connectivity index (χ1v) is 15.4. The van der Waals surface area contributed by atoms with Crippen LogP contribution >= 0.6 is 19.8 Å². The topological polar surface area (TPSA) is 50.5 Å². The van der Waals surface area contributed by atoms with Gasteiger partial charge in [-0.1, -0.05) is 0 Å². The van der Waals surface area contributed by atoms with E-state index in [0.29, 0.717) is 11.5 Å². The Morgan fingerprint density at radius 3 is 2.73 bits per heavy atom. The maximum atomic E-state index is 14.8. The standard InChI is InChI=1S/C25H29F2IN4O/c1-15-9-11-31(13-15)25-17(3)14-32-21(29-25)12-20(30-32)19-6-4-5-10-28(19)24(33)22-18(26)8-7-16(2)23(22)27/h7-8,12,14-15,19H,4-6,9-11,13H2,1-3H3/t15-,19-/m0/s1. The zero-order valence-electron chi connectivity index (χ0n) is 19.2. The van der Waals surface area contributed by atoms with E-state index in [0.717, 1.165) is 59.5 Å². The molecular weight excluding hydrogens is 537 g/mol. The van der Waals surface area contributed by atoms with Gasteiger partial charge in [-0.05, 0) is 0 Å². The fourth-order valence-corrected chi connectivity index (χ4v) is 11.6. The zero-order valence-corrected chi connectivity index (χ0v) is 21.4. The number of aryl methyl sites for hydroxylation is 2. The van der Waals surface area contributed by atoms with Gasteiger partial charge in [-0.15, -0.1) is 0 Å². The minimum absolute atomic E-state index is 0.0213. The van der Waals surface area contributed by atoms with Crippen molar-refractivity contribution in [2.75, 3.05) is 22.4 Å². The summed E-state index contributed by atoms with van der Waals surface area (Å²) in [6, 6.07) is 4.58. The molecule has 0 aliphatic carbocycles. The molecule has 5 rings (SSSR count). The molecule has 0 radical (unpaired) electrons. The van der Waals surface area contributed by atoms with Crippen LogP contribution < -0.4 is 4.90 Å². The Labute approximate surface area is 200 Å². The fraction of sp³-hybridized carbons (Fsp3) is 0.480. The molecule has 0 amide bonds.